The van der Waals surface area contributed by atoms with Crippen molar-refractivity contribution in [3.05, 3.63) is 18.0 Å². The van der Waals surface area contributed by atoms with Crippen LogP contribution in [0.1, 0.15) is 57.6 Å². The molecule has 0 saturated carbocycles. The fourth-order valence-corrected chi connectivity index (χ4v) is 1.66. The fraction of sp³-hybridized carbons (Fsp3) is 0.750. The predicted molar refractivity (Wildman–Crippen MR) is 61.6 cm³/mol. The van der Waals surface area contributed by atoms with Crippen LogP contribution < -0.4 is 0 Å². The highest BCUT2D eigenvalue weighted by molar-refractivity contribution is 5.07. The van der Waals surface area contributed by atoms with E-state index in [0.29, 0.717) is 0 Å². The van der Waals surface area contributed by atoms with Crippen molar-refractivity contribution < 1.29 is 5.11 Å². The number of aliphatic hydroxyl groups excluding tert-OH is 1. The lowest BCUT2D eigenvalue weighted by atomic mass is 10.1. The summed E-state index contributed by atoms with van der Waals surface area (Å²) in [7, 11) is 0. The summed E-state index contributed by atoms with van der Waals surface area (Å²) in [6.07, 6.45) is 8.83. The zero-order valence-electron chi connectivity index (χ0n) is 9.82. The third kappa shape index (κ3) is 4.04. The highest BCUT2D eigenvalue weighted by Gasteiger charge is 2.09. The Bertz CT molecular complexity index is 270. The molecule has 0 radical (unpaired) electrons. The molecule has 0 aliphatic heterocycles. The number of nitrogens with zero attached hydrogens (tertiary/aromatic N) is 2. The molecule has 1 N–H and O–H groups in total. The Kier molecular flexibility index (Phi) is 5.40. The van der Waals surface area contributed by atoms with Crippen LogP contribution in [0.25, 0.3) is 0 Å². The van der Waals surface area contributed by atoms with Gasteiger partial charge in [-0.15, -0.1) is 0 Å². The number of hydrogen-bond donors (Lipinski definition) is 1. The van der Waals surface area contributed by atoms with Crippen LogP contribution in [-0.4, -0.2) is 14.9 Å². The van der Waals surface area contributed by atoms with Gasteiger partial charge >= 0.3 is 0 Å². The summed E-state index contributed by atoms with van der Waals surface area (Å²) < 4.78 is 1.90. The van der Waals surface area contributed by atoms with Crippen LogP contribution in [0.4, 0.5) is 0 Å². The van der Waals surface area contributed by atoms with E-state index in [-0.39, 0.29) is 6.10 Å². The Morgan fingerprint density at radius 1 is 1.33 bits per heavy atom. The van der Waals surface area contributed by atoms with Gasteiger partial charge in [-0.05, 0) is 12.8 Å². The lowest BCUT2D eigenvalue weighted by Crippen LogP contribution is -1.98. The maximum absolute atomic E-state index is 9.88. The Morgan fingerprint density at radius 3 is 2.80 bits per heavy atom. The molecule has 1 aromatic heterocycles. The van der Waals surface area contributed by atoms with Crippen LogP contribution in [-0.2, 0) is 6.54 Å². The normalized spacial score (nSPS) is 13.0. The van der Waals surface area contributed by atoms with Crippen molar-refractivity contribution in [3.8, 4) is 0 Å². The van der Waals surface area contributed by atoms with Gasteiger partial charge in [-0.2, -0.15) is 5.10 Å². The molecule has 15 heavy (non-hydrogen) atoms. The first kappa shape index (κ1) is 12.2. The van der Waals surface area contributed by atoms with E-state index >= 15 is 0 Å². The first-order valence-corrected chi connectivity index (χ1v) is 5.98. The van der Waals surface area contributed by atoms with Crippen molar-refractivity contribution in [1.82, 2.24) is 9.78 Å². The van der Waals surface area contributed by atoms with Crippen molar-refractivity contribution >= 4 is 0 Å². The van der Waals surface area contributed by atoms with E-state index in [1.807, 2.05) is 10.9 Å². The van der Waals surface area contributed by atoms with Crippen LogP contribution in [0, 0.1) is 0 Å². The molecule has 1 atom stereocenters. The molecule has 3 heteroatoms. The Labute approximate surface area is 92.1 Å². The summed E-state index contributed by atoms with van der Waals surface area (Å²) in [6.45, 7) is 5.23. The maximum atomic E-state index is 9.88. The second-order valence-corrected chi connectivity index (χ2v) is 4.05. The van der Waals surface area contributed by atoms with Crippen LogP contribution in [0.2, 0.25) is 0 Å². The van der Waals surface area contributed by atoms with Gasteiger partial charge in [0.2, 0.25) is 0 Å². The third-order valence-electron chi connectivity index (χ3n) is 2.57. The number of aliphatic hydroxyl groups is 1. The first-order valence-electron chi connectivity index (χ1n) is 5.98. The van der Waals surface area contributed by atoms with E-state index in [1.54, 1.807) is 6.20 Å². The lowest BCUT2D eigenvalue weighted by Gasteiger charge is -2.06. The molecule has 0 aliphatic rings. The standard InChI is InChI=1S/C12H22N2O/c1-3-5-6-7-12(15)11-9-13-14(10-11)8-4-2/h9-10,12,15H,3-8H2,1-2H3. The molecule has 0 amide bonds. The molecule has 0 fully saturated rings. The first-order chi connectivity index (χ1) is 7.27. The second kappa shape index (κ2) is 6.62. The van der Waals surface area contributed by atoms with E-state index in [1.165, 1.54) is 12.8 Å². The maximum Gasteiger partial charge on any atom is 0.0820 e. The zero-order valence-corrected chi connectivity index (χ0v) is 9.82. The monoisotopic (exact) mass is 210 g/mol. The molecule has 0 bridgehead atoms. The summed E-state index contributed by atoms with van der Waals surface area (Å²) in [5, 5.41) is 14.1. The van der Waals surface area contributed by atoms with Crippen molar-refractivity contribution in [2.75, 3.05) is 0 Å². The average molecular weight is 210 g/mol. The van der Waals surface area contributed by atoms with E-state index in [2.05, 4.69) is 18.9 Å². The molecular formula is C12H22N2O. The number of unbranched alkanes of at least 4 members (excludes halogenated alkanes) is 2. The van der Waals surface area contributed by atoms with Gasteiger partial charge in [0, 0.05) is 18.3 Å². The van der Waals surface area contributed by atoms with E-state index in [9.17, 15) is 5.11 Å². The number of aromatic nitrogens is 2. The smallest absolute Gasteiger partial charge is 0.0820 e. The van der Waals surface area contributed by atoms with Crippen LogP contribution in [0.5, 0.6) is 0 Å². The number of aryl methyl sites for hydroxylation is 1. The topological polar surface area (TPSA) is 38.1 Å². The molecule has 0 spiro atoms. The molecule has 1 aromatic rings. The highest BCUT2D eigenvalue weighted by atomic mass is 16.3. The molecule has 1 rings (SSSR count). The molecule has 0 aromatic carbocycles. The minimum atomic E-state index is -0.331. The van der Waals surface area contributed by atoms with Crippen LogP contribution >= 0.6 is 0 Å². The summed E-state index contributed by atoms with van der Waals surface area (Å²) in [5.74, 6) is 0. The molecule has 86 valence electrons. The van der Waals surface area contributed by atoms with Gasteiger partial charge < -0.3 is 5.11 Å². The van der Waals surface area contributed by atoms with Crippen molar-refractivity contribution in [1.29, 1.82) is 0 Å². The zero-order chi connectivity index (χ0) is 11.1. The molecular weight excluding hydrogens is 188 g/mol. The van der Waals surface area contributed by atoms with Crippen molar-refractivity contribution in [2.24, 2.45) is 0 Å². The molecule has 0 saturated heterocycles. The number of rotatable bonds is 7. The van der Waals surface area contributed by atoms with E-state index < -0.39 is 0 Å². The molecule has 1 heterocycles. The van der Waals surface area contributed by atoms with Crippen LogP contribution in [0.3, 0.4) is 0 Å². The lowest BCUT2D eigenvalue weighted by molar-refractivity contribution is 0.163. The largest absolute Gasteiger partial charge is 0.388 e. The van der Waals surface area contributed by atoms with Crippen molar-refractivity contribution in [2.45, 2.75) is 58.6 Å². The predicted octanol–water partition coefficient (Wildman–Crippen LogP) is 2.91. The summed E-state index contributed by atoms with van der Waals surface area (Å²) >= 11 is 0. The van der Waals surface area contributed by atoms with Gasteiger partial charge in [0.1, 0.15) is 0 Å². The molecule has 3 nitrogen and oxygen atoms in total. The minimum Gasteiger partial charge on any atom is -0.388 e. The van der Waals surface area contributed by atoms with Gasteiger partial charge in [-0.25, -0.2) is 0 Å². The fourth-order valence-electron chi connectivity index (χ4n) is 1.66. The van der Waals surface area contributed by atoms with Gasteiger partial charge in [-0.1, -0.05) is 33.1 Å². The van der Waals surface area contributed by atoms with Gasteiger partial charge in [0.05, 0.1) is 12.3 Å². The van der Waals surface area contributed by atoms with Crippen molar-refractivity contribution in [3.63, 3.8) is 0 Å². The van der Waals surface area contributed by atoms with Gasteiger partial charge in [0.25, 0.3) is 0 Å². The Morgan fingerprint density at radius 2 is 2.13 bits per heavy atom. The number of hydrogen-bond acceptors (Lipinski definition) is 2. The van der Waals surface area contributed by atoms with Gasteiger partial charge in [0.15, 0.2) is 0 Å². The van der Waals surface area contributed by atoms with Gasteiger partial charge in [-0.3, -0.25) is 4.68 Å². The second-order valence-electron chi connectivity index (χ2n) is 4.05. The Balaban J connectivity index is 2.39. The SMILES string of the molecule is CCCCCC(O)c1cnn(CCC)c1. The summed E-state index contributed by atoms with van der Waals surface area (Å²) in [4.78, 5) is 0. The summed E-state index contributed by atoms with van der Waals surface area (Å²) in [5.41, 5.74) is 0.958. The highest BCUT2D eigenvalue weighted by Crippen LogP contribution is 2.18. The average Bonchev–Trinajstić information content (AvgIpc) is 2.67. The quantitative estimate of drug-likeness (QED) is 0.703. The Hall–Kier alpha value is -0.830. The third-order valence-corrected chi connectivity index (χ3v) is 2.57. The minimum absolute atomic E-state index is 0.331. The van der Waals surface area contributed by atoms with E-state index in [0.717, 1.165) is 31.4 Å². The summed E-state index contributed by atoms with van der Waals surface area (Å²) in [6, 6.07) is 0. The van der Waals surface area contributed by atoms with E-state index in [4.69, 9.17) is 0 Å². The van der Waals surface area contributed by atoms with Crippen LogP contribution in [0.15, 0.2) is 12.4 Å². The molecule has 1 unspecified atom stereocenters. The molecule has 0 aliphatic carbocycles.